The predicted molar refractivity (Wildman–Crippen MR) is 115 cm³/mol. The summed E-state index contributed by atoms with van der Waals surface area (Å²) in [4.78, 5) is 12.0. The van der Waals surface area contributed by atoms with E-state index in [1.165, 1.54) is 12.0 Å². The highest BCUT2D eigenvalue weighted by Crippen LogP contribution is 2.67. The number of allylic oxidation sites excluding steroid dienone is 1. The molecule has 5 rings (SSSR count). The Morgan fingerprint density at radius 1 is 0.966 bits per heavy atom. The van der Waals surface area contributed by atoms with Crippen molar-refractivity contribution in [3.8, 4) is 11.8 Å². The van der Waals surface area contributed by atoms with Crippen LogP contribution in [-0.2, 0) is 4.79 Å². The molecule has 1 aromatic carbocycles. The zero-order chi connectivity index (χ0) is 20.3. The van der Waals surface area contributed by atoms with Crippen LogP contribution in [-0.4, -0.2) is 16.5 Å². The fourth-order valence-corrected chi connectivity index (χ4v) is 7.48. The Morgan fingerprint density at radius 3 is 2.52 bits per heavy atom. The summed E-state index contributed by atoms with van der Waals surface area (Å²) in [6, 6.07) is 10.0. The molecule has 4 aliphatic rings. The van der Waals surface area contributed by atoms with Gasteiger partial charge in [-0.15, -0.1) is 0 Å². The quantitative estimate of drug-likeness (QED) is 0.612. The van der Waals surface area contributed by atoms with E-state index in [0.29, 0.717) is 30.0 Å². The lowest BCUT2D eigenvalue weighted by Gasteiger charge is -2.58. The summed E-state index contributed by atoms with van der Waals surface area (Å²) in [6.45, 7) is 4.72. The van der Waals surface area contributed by atoms with Gasteiger partial charge in [0, 0.05) is 17.4 Å². The van der Waals surface area contributed by atoms with Crippen LogP contribution in [0.2, 0.25) is 0 Å². The first-order valence-corrected chi connectivity index (χ1v) is 11.4. The summed E-state index contributed by atoms with van der Waals surface area (Å²) in [7, 11) is 0. The van der Waals surface area contributed by atoms with Gasteiger partial charge in [-0.05, 0) is 86.3 Å². The van der Waals surface area contributed by atoms with E-state index in [9.17, 15) is 9.90 Å². The summed E-state index contributed by atoms with van der Waals surface area (Å²) in [5, 5.41) is 11.7. The average Bonchev–Trinajstić information content (AvgIpc) is 2.99. The number of hydrogen-bond acceptors (Lipinski definition) is 2. The molecule has 6 atom stereocenters. The third-order valence-electron chi connectivity index (χ3n) is 9.30. The van der Waals surface area contributed by atoms with Crippen molar-refractivity contribution in [2.24, 2.45) is 28.6 Å². The third-order valence-corrected chi connectivity index (χ3v) is 9.30. The lowest BCUT2D eigenvalue weighted by molar-refractivity contribution is -0.119. The zero-order valence-electron chi connectivity index (χ0n) is 17.7. The molecule has 29 heavy (non-hydrogen) atoms. The van der Waals surface area contributed by atoms with Crippen LogP contribution in [0.15, 0.2) is 42.0 Å². The molecule has 1 aromatic rings. The SMILES string of the molecule is C[C@]12CCC(=O)C=C1CC[C@H]1[C@H]2CC[C@]2(C)[C@@H]1CC[C@@]2(O)C#Cc1ccccc1. The van der Waals surface area contributed by atoms with Crippen molar-refractivity contribution in [2.75, 3.05) is 0 Å². The molecular formula is C27H32O2. The van der Waals surface area contributed by atoms with Crippen molar-refractivity contribution in [3.05, 3.63) is 47.5 Å². The first-order valence-electron chi connectivity index (χ1n) is 11.4. The molecule has 152 valence electrons. The maximum absolute atomic E-state index is 12.0. The molecule has 1 N–H and O–H groups in total. The van der Waals surface area contributed by atoms with E-state index in [1.807, 2.05) is 36.4 Å². The second-order valence-corrected chi connectivity index (χ2v) is 10.4. The van der Waals surface area contributed by atoms with Crippen LogP contribution in [0.1, 0.15) is 70.8 Å². The van der Waals surface area contributed by atoms with Crippen LogP contribution in [0.3, 0.4) is 0 Å². The smallest absolute Gasteiger partial charge is 0.155 e. The lowest BCUT2D eigenvalue weighted by Crippen LogP contribution is -2.54. The molecule has 2 heteroatoms. The van der Waals surface area contributed by atoms with Crippen molar-refractivity contribution in [1.82, 2.24) is 0 Å². The summed E-state index contributed by atoms with van der Waals surface area (Å²) in [6.07, 6.45) is 9.97. The number of fused-ring (bicyclic) bond motifs is 5. The molecule has 0 heterocycles. The predicted octanol–water partition coefficient (Wildman–Crippen LogP) is 5.30. The van der Waals surface area contributed by atoms with Gasteiger partial charge in [-0.25, -0.2) is 0 Å². The monoisotopic (exact) mass is 388 g/mol. The first-order chi connectivity index (χ1) is 13.9. The molecule has 0 radical (unpaired) electrons. The molecule has 0 unspecified atom stereocenters. The normalized spacial score (nSPS) is 43.3. The summed E-state index contributed by atoms with van der Waals surface area (Å²) >= 11 is 0. The van der Waals surface area contributed by atoms with Gasteiger partial charge in [-0.2, -0.15) is 0 Å². The van der Waals surface area contributed by atoms with Crippen molar-refractivity contribution >= 4 is 5.78 Å². The van der Waals surface area contributed by atoms with Crippen LogP contribution >= 0.6 is 0 Å². The second-order valence-electron chi connectivity index (χ2n) is 10.4. The number of ketones is 1. The number of carbonyl (C=O) groups excluding carboxylic acids is 1. The number of benzene rings is 1. The van der Waals surface area contributed by atoms with Gasteiger partial charge in [0.05, 0.1) is 0 Å². The van der Waals surface area contributed by atoms with Crippen LogP contribution in [0, 0.1) is 40.4 Å². The molecule has 3 saturated carbocycles. The van der Waals surface area contributed by atoms with Crippen LogP contribution < -0.4 is 0 Å². The highest BCUT2D eigenvalue weighted by molar-refractivity contribution is 5.91. The minimum atomic E-state index is -0.891. The van der Waals surface area contributed by atoms with Gasteiger partial charge in [0.15, 0.2) is 5.78 Å². The van der Waals surface area contributed by atoms with Crippen LogP contribution in [0.5, 0.6) is 0 Å². The molecular weight excluding hydrogens is 356 g/mol. The Morgan fingerprint density at radius 2 is 1.72 bits per heavy atom. The molecule has 3 fully saturated rings. The van der Waals surface area contributed by atoms with Crippen molar-refractivity contribution in [1.29, 1.82) is 0 Å². The Hall–Kier alpha value is -1.85. The Balaban J connectivity index is 1.45. The minimum Gasteiger partial charge on any atom is -0.377 e. The van der Waals surface area contributed by atoms with Gasteiger partial charge >= 0.3 is 0 Å². The lowest BCUT2D eigenvalue weighted by atomic mass is 9.46. The van der Waals surface area contributed by atoms with E-state index in [4.69, 9.17) is 0 Å². The fourth-order valence-electron chi connectivity index (χ4n) is 7.48. The van der Waals surface area contributed by atoms with Gasteiger partial charge in [0.2, 0.25) is 0 Å². The van der Waals surface area contributed by atoms with E-state index >= 15 is 0 Å². The molecule has 0 amide bonds. The highest BCUT2D eigenvalue weighted by atomic mass is 16.3. The van der Waals surface area contributed by atoms with Crippen molar-refractivity contribution in [2.45, 2.75) is 70.8 Å². The van der Waals surface area contributed by atoms with Gasteiger partial charge in [0.1, 0.15) is 5.60 Å². The number of hydrogen-bond donors (Lipinski definition) is 1. The maximum atomic E-state index is 12.0. The number of aliphatic hydroxyl groups is 1. The fraction of sp³-hybridized carbons (Fsp3) is 0.593. The van der Waals surface area contributed by atoms with E-state index < -0.39 is 5.60 Å². The summed E-state index contributed by atoms with van der Waals surface area (Å²) < 4.78 is 0. The van der Waals surface area contributed by atoms with Gasteiger partial charge in [-0.1, -0.05) is 49.5 Å². The Labute approximate surface area is 174 Å². The first kappa shape index (κ1) is 19.1. The molecule has 0 bridgehead atoms. The third kappa shape index (κ3) is 2.77. The Kier molecular flexibility index (Phi) is 4.34. The molecule has 0 aromatic heterocycles. The van der Waals surface area contributed by atoms with E-state index in [0.717, 1.165) is 44.1 Å². The van der Waals surface area contributed by atoms with E-state index in [1.54, 1.807) is 0 Å². The van der Waals surface area contributed by atoms with Gasteiger partial charge < -0.3 is 5.11 Å². The standard InChI is InChI=1S/C27H32O2/c1-25-14-11-21(28)18-20(25)8-9-22-23(25)12-15-26(2)24(22)13-17-27(26,29)16-10-19-6-4-3-5-7-19/h3-7,18,22-24,29H,8-9,11-15,17H2,1-2H3/t22-,23+,24+,25-,26+,27-/m0/s1. The molecule has 2 nitrogen and oxygen atoms in total. The van der Waals surface area contributed by atoms with Crippen molar-refractivity contribution < 1.29 is 9.90 Å². The highest BCUT2D eigenvalue weighted by Gasteiger charge is 2.63. The molecule has 0 aliphatic heterocycles. The van der Waals surface area contributed by atoms with E-state index in [2.05, 4.69) is 25.7 Å². The zero-order valence-corrected chi connectivity index (χ0v) is 17.7. The maximum Gasteiger partial charge on any atom is 0.155 e. The molecule has 0 saturated heterocycles. The molecule has 4 aliphatic carbocycles. The van der Waals surface area contributed by atoms with Crippen molar-refractivity contribution in [3.63, 3.8) is 0 Å². The van der Waals surface area contributed by atoms with E-state index in [-0.39, 0.29) is 10.8 Å². The number of carbonyl (C=O) groups is 1. The molecule has 0 spiro atoms. The van der Waals surface area contributed by atoms with Crippen LogP contribution in [0.25, 0.3) is 0 Å². The van der Waals surface area contributed by atoms with Gasteiger partial charge in [-0.3, -0.25) is 4.79 Å². The Bertz CT molecular complexity index is 919. The van der Waals surface area contributed by atoms with Gasteiger partial charge in [0.25, 0.3) is 0 Å². The average molecular weight is 389 g/mol. The summed E-state index contributed by atoms with van der Waals surface area (Å²) in [5.41, 5.74) is 1.56. The minimum absolute atomic E-state index is 0.127. The second kappa shape index (κ2) is 6.58. The largest absolute Gasteiger partial charge is 0.377 e. The summed E-state index contributed by atoms with van der Waals surface area (Å²) in [5.74, 6) is 8.76. The number of rotatable bonds is 0. The topological polar surface area (TPSA) is 37.3 Å². The van der Waals surface area contributed by atoms with Crippen LogP contribution in [0.4, 0.5) is 0 Å².